The number of rotatable bonds is 4. The molecule has 1 aliphatic heterocycles. The number of hydrogen-bond acceptors (Lipinski definition) is 4. The number of hydrogen-bond donors (Lipinski definition) is 2. The van der Waals surface area contributed by atoms with Crippen molar-refractivity contribution in [2.45, 2.75) is 26.9 Å². The highest BCUT2D eigenvalue weighted by atomic mass is 16.3. The Morgan fingerprint density at radius 3 is 2.20 bits per heavy atom. The van der Waals surface area contributed by atoms with Gasteiger partial charge in [-0.1, -0.05) is 17.7 Å². The van der Waals surface area contributed by atoms with Crippen LogP contribution in [0.3, 0.4) is 0 Å². The number of aliphatic hydroxyl groups is 1. The topological polar surface area (TPSA) is 38.7 Å². The van der Waals surface area contributed by atoms with E-state index in [0.29, 0.717) is 6.54 Å². The smallest absolute Gasteiger partial charge is 0.0933 e. The second kappa shape index (κ2) is 6.68. The molecule has 2 rings (SSSR count). The molecule has 0 aliphatic carbocycles. The van der Waals surface area contributed by atoms with Gasteiger partial charge in [-0.2, -0.15) is 0 Å². The first kappa shape index (κ1) is 15.4. The van der Waals surface area contributed by atoms with Crippen molar-refractivity contribution in [1.82, 2.24) is 15.3 Å². The van der Waals surface area contributed by atoms with Gasteiger partial charge in [-0.15, -0.1) is 0 Å². The number of nitrogens with one attached hydrogen (secondary N) is 1. The predicted octanol–water partition coefficient (Wildman–Crippen LogP) is 1.40. The molecule has 0 radical (unpaired) electrons. The van der Waals surface area contributed by atoms with Gasteiger partial charge in [0.05, 0.1) is 6.10 Å². The molecule has 0 aromatic heterocycles. The van der Waals surface area contributed by atoms with Crippen molar-refractivity contribution in [3.63, 3.8) is 0 Å². The minimum atomic E-state index is -0.449. The Bertz CT molecular complexity index is 430. The molecule has 1 aliphatic rings. The molecule has 0 bridgehead atoms. The number of likely N-dealkylation sites (N-methyl/N-ethyl adjacent to an activating group) is 1. The third kappa shape index (κ3) is 3.79. The van der Waals surface area contributed by atoms with Gasteiger partial charge in [0.2, 0.25) is 0 Å². The van der Waals surface area contributed by atoms with Crippen molar-refractivity contribution in [3.05, 3.63) is 34.4 Å². The summed E-state index contributed by atoms with van der Waals surface area (Å²) < 4.78 is 0. The van der Waals surface area contributed by atoms with E-state index in [1.54, 1.807) is 0 Å². The van der Waals surface area contributed by atoms with E-state index in [2.05, 4.69) is 55.3 Å². The maximum Gasteiger partial charge on any atom is 0.0933 e. The van der Waals surface area contributed by atoms with E-state index < -0.39 is 6.10 Å². The first-order valence-electron chi connectivity index (χ1n) is 7.40. The zero-order chi connectivity index (χ0) is 14.7. The zero-order valence-electron chi connectivity index (χ0n) is 13.1. The highest BCUT2D eigenvalue weighted by molar-refractivity contribution is 5.39. The minimum absolute atomic E-state index is 0.449. The Balaban J connectivity index is 1.93. The monoisotopic (exact) mass is 277 g/mol. The molecule has 2 N–H and O–H groups in total. The fraction of sp³-hybridized carbons (Fsp3) is 0.625. The number of nitrogens with zero attached hydrogens (tertiary/aromatic N) is 2. The van der Waals surface area contributed by atoms with Crippen molar-refractivity contribution in [1.29, 1.82) is 0 Å². The average molecular weight is 277 g/mol. The van der Waals surface area contributed by atoms with Gasteiger partial charge >= 0.3 is 0 Å². The Kier molecular flexibility index (Phi) is 5.16. The van der Waals surface area contributed by atoms with Crippen LogP contribution < -0.4 is 5.43 Å². The molecule has 1 heterocycles. The Labute approximate surface area is 122 Å². The highest BCUT2D eigenvalue weighted by Crippen LogP contribution is 2.23. The molecule has 0 amide bonds. The van der Waals surface area contributed by atoms with Crippen LogP contribution in [0, 0.1) is 20.8 Å². The van der Waals surface area contributed by atoms with Gasteiger partial charge in [-0.25, -0.2) is 5.01 Å². The van der Waals surface area contributed by atoms with Crippen molar-refractivity contribution < 1.29 is 5.11 Å². The molecule has 112 valence electrons. The van der Waals surface area contributed by atoms with Gasteiger partial charge in [0.25, 0.3) is 0 Å². The molecule has 1 aromatic rings. The molecule has 20 heavy (non-hydrogen) atoms. The summed E-state index contributed by atoms with van der Waals surface area (Å²) in [6.45, 7) is 11.0. The highest BCUT2D eigenvalue weighted by Gasteiger charge is 2.17. The lowest BCUT2D eigenvalue weighted by molar-refractivity contribution is 0.0740. The van der Waals surface area contributed by atoms with E-state index in [-0.39, 0.29) is 0 Å². The molecule has 4 heteroatoms. The van der Waals surface area contributed by atoms with E-state index in [0.717, 1.165) is 31.7 Å². The van der Waals surface area contributed by atoms with Gasteiger partial charge in [0.15, 0.2) is 0 Å². The van der Waals surface area contributed by atoms with E-state index in [1.165, 1.54) is 16.7 Å². The second-order valence-electron chi connectivity index (χ2n) is 5.98. The molecule has 0 saturated carbocycles. The standard InChI is InChI=1S/C16H27N3O/c1-12-9-13(2)16(14(3)10-12)15(20)11-17-19-7-5-18(4)6-8-19/h9-10,15,17,20H,5-8,11H2,1-4H3. The Hall–Kier alpha value is -0.940. The maximum absolute atomic E-state index is 10.5. The summed E-state index contributed by atoms with van der Waals surface area (Å²) in [6.07, 6.45) is -0.449. The van der Waals surface area contributed by atoms with Crippen LogP contribution in [0.1, 0.15) is 28.4 Å². The molecule has 1 fully saturated rings. The lowest BCUT2D eigenvalue weighted by Crippen LogP contribution is -2.51. The van der Waals surface area contributed by atoms with Crippen LogP contribution >= 0.6 is 0 Å². The number of piperazine rings is 1. The summed E-state index contributed by atoms with van der Waals surface area (Å²) in [7, 11) is 2.14. The molecule has 4 nitrogen and oxygen atoms in total. The number of hydrazine groups is 1. The first-order chi connectivity index (χ1) is 9.47. The zero-order valence-corrected chi connectivity index (χ0v) is 13.1. The SMILES string of the molecule is Cc1cc(C)c(C(O)CNN2CCN(C)CC2)c(C)c1. The summed E-state index contributed by atoms with van der Waals surface area (Å²) in [6, 6.07) is 4.28. The first-order valence-corrected chi connectivity index (χ1v) is 7.40. The van der Waals surface area contributed by atoms with Crippen molar-refractivity contribution in [3.8, 4) is 0 Å². The minimum Gasteiger partial charge on any atom is -0.387 e. The fourth-order valence-corrected chi connectivity index (χ4v) is 3.00. The number of benzene rings is 1. The van der Waals surface area contributed by atoms with E-state index in [9.17, 15) is 5.11 Å². The summed E-state index contributed by atoms with van der Waals surface area (Å²) >= 11 is 0. The quantitative estimate of drug-likeness (QED) is 0.872. The Morgan fingerprint density at radius 1 is 1.10 bits per heavy atom. The van der Waals surface area contributed by atoms with Crippen molar-refractivity contribution in [2.75, 3.05) is 39.8 Å². The summed E-state index contributed by atoms with van der Waals surface area (Å²) in [5, 5.41) is 12.7. The molecular formula is C16H27N3O. The van der Waals surface area contributed by atoms with Gasteiger partial charge < -0.3 is 10.0 Å². The summed E-state index contributed by atoms with van der Waals surface area (Å²) in [5.74, 6) is 0. The van der Waals surface area contributed by atoms with Crippen LogP contribution in [0.5, 0.6) is 0 Å². The lowest BCUT2D eigenvalue weighted by atomic mass is 9.95. The van der Waals surface area contributed by atoms with Crippen molar-refractivity contribution in [2.24, 2.45) is 0 Å². The number of aliphatic hydroxyl groups excluding tert-OH is 1. The van der Waals surface area contributed by atoms with Crippen molar-refractivity contribution >= 4 is 0 Å². The predicted molar refractivity (Wildman–Crippen MR) is 82.7 cm³/mol. The molecular weight excluding hydrogens is 250 g/mol. The Morgan fingerprint density at radius 2 is 1.65 bits per heavy atom. The van der Waals surface area contributed by atoms with Crippen LogP contribution in [-0.2, 0) is 0 Å². The van der Waals surface area contributed by atoms with Gasteiger partial charge in [-0.3, -0.25) is 5.43 Å². The molecule has 0 spiro atoms. The number of aryl methyl sites for hydroxylation is 3. The normalized spacial score (nSPS) is 19.2. The third-order valence-corrected chi connectivity index (χ3v) is 4.08. The molecule has 1 unspecified atom stereocenters. The van der Waals surface area contributed by atoms with E-state index in [1.807, 2.05) is 0 Å². The average Bonchev–Trinajstić information content (AvgIpc) is 2.37. The third-order valence-electron chi connectivity index (χ3n) is 4.08. The second-order valence-corrected chi connectivity index (χ2v) is 5.98. The fourth-order valence-electron chi connectivity index (χ4n) is 3.00. The van der Waals surface area contributed by atoms with Crippen LogP contribution in [0.2, 0.25) is 0 Å². The molecule has 1 atom stereocenters. The summed E-state index contributed by atoms with van der Waals surface area (Å²) in [5.41, 5.74) is 8.04. The van der Waals surface area contributed by atoms with Crippen LogP contribution in [0.15, 0.2) is 12.1 Å². The van der Waals surface area contributed by atoms with E-state index in [4.69, 9.17) is 0 Å². The largest absolute Gasteiger partial charge is 0.387 e. The maximum atomic E-state index is 10.5. The lowest BCUT2D eigenvalue weighted by Gasteiger charge is -2.33. The van der Waals surface area contributed by atoms with Gasteiger partial charge in [0.1, 0.15) is 0 Å². The molecule has 1 saturated heterocycles. The summed E-state index contributed by atoms with van der Waals surface area (Å²) in [4.78, 5) is 2.32. The van der Waals surface area contributed by atoms with Gasteiger partial charge in [0, 0.05) is 32.7 Å². The van der Waals surface area contributed by atoms with Gasteiger partial charge in [-0.05, 0) is 44.5 Å². The molecule has 1 aromatic carbocycles. The van der Waals surface area contributed by atoms with Crippen LogP contribution in [-0.4, -0.2) is 54.8 Å². The van der Waals surface area contributed by atoms with E-state index >= 15 is 0 Å². The van der Waals surface area contributed by atoms with Crippen LogP contribution in [0.25, 0.3) is 0 Å². The van der Waals surface area contributed by atoms with Crippen LogP contribution in [0.4, 0.5) is 0 Å².